The molecule has 0 rings (SSSR count). The molecule has 0 saturated heterocycles. The highest BCUT2D eigenvalue weighted by molar-refractivity contribution is 4.45. The Hall–Kier alpha value is -0.120. The molecule has 0 aliphatic rings. The van der Waals surface area contributed by atoms with Gasteiger partial charge in [0.25, 0.3) is 0 Å². The summed E-state index contributed by atoms with van der Waals surface area (Å²) in [7, 11) is 2.12. The number of hydrogen-bond donors (Lipinski definition) is 2. The van der Waals surface area contributed by atoms with Crippen LogP contribution in [-0.4, -0.2) is 54.6 Å². The van der Waals surface area contributed by atoms with Crippen molar-refractivity contribution in [3.63, 3.8) is 0 Å². The highest BCUT2D eigenvalue weighted by atomic mass is 16.3. The molecule has 0 fully saturated rings. The maximum absolute atomic E-state index is 8.97. The molecule has 0 bridgehead atoms. The number of aliphatic hydroxyl groups is 2. The van der Waals surface area contributed by atoms with Crippen molar-refractivity contribution >= 4 is 0 Å². The minimum absolute atomic E-state index is 0.214. The summed E-state index contributed by atoms with van der Waals surface area (Å²) < 4.78 is 0.805. The van der Waals surface area contributed by atoms with Gasteiger partial charge in [0, 0.05) is 0 Å². The van der Waals surface area contributed by atoms with Crippen molar-refractivity contribution in [2.75, 3.05) is 39.9 Å². The molecule has 0 radical (unpaired) electrons. The van der Waals surface area contributed by atoms with Crippen LogP contribution in [0.5, 0.6) is 0 Å². The lowest BCUT2D eigenvalue weighted by molar-refractivity contribution is -0.910. The van der Waals surface area contributed by atoms with Gasteiger partial charge in [-0.1, -0.05) is 26.2 Å². The van der Waals surface area contributed by atoms with Gasteiger partial charge in [0.2, 0.25) is 0 Å². The van der Waals surface area contributed by atoms with Crippen LogP contribution in [0.1, 0.15) is 39.0 Å². The first-order chi connectivity index (χ1) is 7.18. The van der Waals surface area contributed by atoms with E-state index in [0.717, 1.165) is 24.1 Å². The van der Waals surface area contributed by atoms with Gasteiger partial charge < -0.3 is 14.7 Å². The van der Waals surface area contributed by atoms with Crippen LogP contribution >= 0.6 is 0 Å². The Kier molecular flexibility index (Phi) is 9.06. The Labute approximate surface area is 94.3 Å². The van der Waals surface area contributed by atoms with Gasteiger partial charge in [-0.25, -0.2) is 0 Å². The van der Waals surface area contributed by atoms with E-state index < -0.39 is 0 Å². The van der Waals surface area contributed by atoms with E-state index in [0.29, 0.717) is 0 Å². The Morgan fingerprint density at radius 2 is 1.33 bits per heavy atom. The maximum atomic E-state index is 8.97. The van der Waals surface area contributed by atoms with E-state index in [1.807, 2.05) is 0 Å². The molecule has 0 aliphatic carbocycles. The van der Waals surface area contributed by atoms with Crippen LogP contribution in [0.3, 0.4) is 0 Å². The zero-order chi connectivity index (χ0) is 11.6. The van der Waals surface area contributed by atoms with Crippen LogP contribution in [0, 0.1) is 0 Å². The van der Waals surface area contributed by atoms with E-state index in [1.165, 1.54) is 32.1 Å². The van der Waals surface area contributed by atoms with Gasteiger partial charge in [0.05, 0.1) is 26.8 Å². The molecule has 3 nitrogen and oxygen atoms in total. The minimum Gasteiger partial charge on any atom is -0.391 e. The van der Waals surface area contributed by atoms with E-state index in [9.17, 15) is 0 Å². The molecule has 0 spiro atoms. The van der Waals surface area contributed by atoms with Crippen molar-refractivity contribution in [2.45, 2.75) is 39.0 Å². The van der Waals surface area contributed by atoms with E-state index in [-0.39, 0.29) is 13.2 Å². The summed E-state index contributed by atoms with van der Waals surface area (Å²) in [5, 5.41) is 17.9. The fourth-order valence-corrected chi connectivity index (χ4v) is 1.92. The third-order valence-corrected chi connectivity index (χ3v) is 3.08. The van der Waals surface area contributed by atoms with Gasteiger partial charge in [0.15, 0.2) is 0 Å². The Bertz CT molecular complexity index is 134. The molecule has 0 aromatic heterocycles. The normalized spacial score (nSPS) is 12.0. The van der Waals surface area contributed by atoms with Crippen molar-refractivity contribution in [3.8, 4) is 0 Å². The zero-order valence-corrected chi connectivity index (χ0v) is 10.4. The molecule has 0 saturated carbocycles. The molecule has 0 atom stereocenters. The van der Waals surface area contributed by atoms with Crippen LogP contribution < -0.4 is 0 Å². The van der Waals surface area contributed by atoms with Crippen molar-refractivity contribution < 1.29 is 14.7 Å². The molecular weight excluding hydrogens is 190 g/mol. The van der Waals surface area contributed by atoms with Crippen LogP contribution in [0.15, 0.2) is 0 Å². The van der Waals surface area contributed by atoms with Crippen molar-refractivity contribution in [1.82, 2.24) is 0 Å². The number of quaternary nitrogens is 1. The lowest BCUT2D eigenvalue weighted by Crippen LogP contribution is -2.48. The van der Waals surface area contributed by atoms with E-state index in [1.54, 1.807) is 0 Å². The smallest absolute Gasteiger partial charge is 0.102 e. The Morgan fingerprint density at radius 1 is 0.800 bits per heavy atom. The third kappa shape index (κ3) is 7.77. The van der Waals surface area contributed by atoms with Crippen LogP contribution in [0.2, 0.25) is 0 Å². The van der Waals surface area contributed by atoms with Gasteiger partial charge in [-0.2, -0.15) is 0 Å². The fourth-order valence-electron chi connectivity index (χ4n) is 1.92. The predicted molar refractivity (Wildman–Crippen MR) is 63.7 cm³/mol. The molecule has 0 aliphatic heterocycles. The second-order valence-corrected chi connectivity index (χ2v) is 4.65. The number of nitrogens with zero attached hydrogens (tertiary/aromatic N) is 1. The lowest BCUT2D eigenvalue weighted by Gasteiger charge is -2.33. The summed E-state index contributed by atoms with van der Waals surface area (Å²) >= 11 is 0. The highest BCUT2D eigenvalue weighted by Crippen LogP contribution is 2.08. The molecule has 0 heterocycles. The highest BCUT2D eigenvalue weighted by Gasteiger charge is 2.19. The minimum atomic E-state index is 0.214. The summed E-state index contributed by atoms with van der Waals surface area (Å²) in [5.41, 5.74) is 0. The van der Waals surface area contributed by atoms with E-state index >= 15 is 0 Å². The van der Waals surface area contributed by atoms with Gasteiger partial charge in [-0.3, -0.25) is 0 Å². The largest absolute Gasteiger partial charge is 0.391 e. The molecule has 15 heavy (non-hydrogen) atoms. The average Bonchev–Trinajstić information content (AvgIpc) is 2.18. The second-order valence-electron chi connectivity index (χ2n) is 4.65. The van der Waals surface area contributed by atoms with Gasteiger partial charge >= 0.3 is 0 Å². The lowest BCUT2D eigenvalue weighted by atomic mass is 10.1. The summed E-state index contributed by atoms with van der Waals surface area (Å²) in [6.45, 7) is 5.24. The molecular formula is C12H28NO2+. The number of likely N-dealkylation sites (N-methyl/N-ethyl adjacent to an activating group) is 1. The van der Waals surface area contributed by atoms with Crippen molar-refractivity contribution in [3.05, 3.63) is 0 Å². The average molecular weight is 218 g/mol. The van der Waals surface area contributed by atoms with E-state index in [2.05, 4.69) is 14.0 Å². The van der Waals surface area contributed by atoms with E-state index in [4.69, 9.17) is 10.2 Å². The zero-order valence-electron chi connectivity index (χ0n) is 10.4. The monoisotopic (exact) mass is 218 g/mol. The summed E-state index contributed by atoms with van der Waals surface area (Å²) in [4.78, 5) is 0. The number of aliphatic hydroxyl groups excluding tert-OH is 2. The SMILES string of the molecule is CCCCCCC[N+](C)(CCO)CCO. The summed E-state index contributed by atoms with van der Waals surface area (Å²) in [5.74, 6) is 0. The van der Waals surface area contributed by atoms with Gasteiger partial charge in [-0.05, 0) is 12.8 Å². The second kappa shape index (κ2) is 9.13. The Morgan fingerprint density at radius 3 is 1.80 bits per heavy atom. The standard InChI is InChI=1S/C12H28NO2/c1-3-4-5-6-7-8-13(2,9-11-14)10-12-15/h14-15H,3-12H2,1-2H3/q+1. The number of rotatable bonds is 10. The van der Waals surface area contributed by atoms with Gasteiger partial charge in [-0.15, -0.1) is 0 Å². The first-order valence-corrected chi connectivity index (χ1v) is 6.24. The molecule has 0 unspecified atom stereocenters. The van der Waals surface area contributed by atoms with Crippen molar-refractivity contribution in [2.24, 2.45) is 0 Å². The quantitative estimate of drug-likeness (QED) is 0.430. The molecule has 0 aromatic carbocycles. The molecule has 92 valence electrons. The first-order valence-electron chi connectivity index (χ1n) is 6.24. The first kappa shape index (κ1) is 14.9. The molecule has 2 N–H and O–H groups in total. The third-order valence-electron chi connectivity index (χ3n) is 3.08. The van der Waals surface area contributed by atoms with Crippen LogP contribution in [0.25, 0.3) is 0 Å². The number of hydrogen-bond acceptors (Lipinski definition) is 2. The topological polar surface area (TPSA) is 40.5 Å². The van der Waals surface area contributed by atoms with Crippen molar-refractivity contribution in [1.29, 1.82) is 0 Å². The Balaban J connectivity index is 3.65. The van der Waals surface area contributed by atoms with Gasteiger partial charge in [0.1, 0.15) is 13.1 Å². The maximum Gasteiger partial charge on any atom is 0.102 e. The fraction of sp³-hybridized carbons (Fsp3) is 1.00. The summed E-state index contributed by atoms with van der Waals surface area (Å²) in [6.07, 6.45) is 6.40. The van der Waals surface area contributed by atoms with Crippen LogP contribution in [0.4, 0.5) is 0 Å². The summed E-state index contributed by atoms with van der Waals surface area (Å²) in [6, 6.07) is 0. The predicted octanol–water partition coefficient (Wildman–Crippen LogP) is 1.39. The van der Waals surface area contributed by atoms with Crippen LogP contribution in [-0.2, 0) is 0 Å². The number of unbranched alkanes of at least 4 members (excludes halogenated alkanes) is 4. The molecule has 0 amide bonds. The molecule has 0 aromatic rings. The molecule has 3 heteroatoms.